The largest absolute Gasteiger partial charge is 0.393 e. The number of aliphatic hydroxyl groups is 1. The van der Waals surface area contributed by atoms with Crippen molar-refractivity contribution in [2.24, 2.45) is 5.92 Å². The average Bonchev–Trinajstić information content (AvgIpc) is 2.92. The highest BCUT2D eigenvalue weighted by molar-refractivity contribution is 9.10. The van der Waals surface area contributed by atoms with Crippen LogP contribution in [-0.2, 0) is 0 Å². The van der Waals surface area contributed by atoms with Crippen molar-refractivity contribution >= 4 is 32.7 Å². The zero-order chi connectivity index (χ0) is 15.7. The quantitative estimate of drug-likeness (QED) is 0.874. The Labute approximate surface area is 138 Å². The molecule has 1 aliphatic rings. The number of aliphatic hydroxyl groups excluding tert-OH is 1. The second kappa shape index (κ2) is 6.42. The molecule has 2 aromatic rings. The van der Waals surface area contributed by atoms with Gasteiger partial charge in [0, 0.05) is 28.5 Å². The van der Waals surface area contributed by atoms with E-state index in [1.54, 1.807) is 0 Å². The third-order valence-corrected chi connectivity index (χ3v) is 5.11. The fraction of sp³-hybridized carbons (Fsp3) is 0.471. The number of rotatable bonds is 3. The van der Waals surface area contributed by atoms with Gasteiger partial charge in [0.25, 0.3) is 5.91 Å². The first-order valence-electron chi connectivity index (χ1n) is 7.79. The van der Waals surface area contributed by atoms with Gasteiger partial charge < -0.3 is 15.0 Å². The number of aromatic amines is 1. The van der Waals surface area contributed by atoms with Crippen molar-refractivity contribution in [1.82, 2.24) is 9.88 Å². The summed E-state index contributed by atoms with van der Waals surface area (Å²) >= 11 is 3.52. The average molecular weight is 365 g/mol. The molecule has 4 nitrogen and oxygen atoms in total. The van der Waals surface area contributed by atoms with Gasteiger partial charge in [0.1, 0.15) is 5.69 Å². The van der Waals surface area contributed by atoms with E-state index in [2.05, 4.69) is 20.9 Å². The SMILES string of the molecule is CC(O)CC1CCN(C(=O)c2cc3c(Br)cccc3[nH]2)CC1. The summed E-state index contributed by atoms with van der Waals surface area (Å²) in [5, 5.41) is 10.5. The van der Waals surface area contributed by atoms with Gasteiger partial charge in [-0.25, -0.2) is 0 Å². The third-order valence-electron chi connectivity index (χ3n) is 4.42. The van der Waals surface area contributed by atoms with E-state index in [4.69, 9.17) is 0 Å². The molecule has 1 amide bonds. The number of fused-ring (bicyclic) bond motifs is 1. The molecule has 1 atom stereocenters. The first-order chi connectivity index (χ1) is 10.5. The van der Waals surface area contributed by atoms with E-state index in [-0.39, 0.29) is 12.0 Å². The van der Waals surface area contributed by atoms with Crippen LogP contribution in [0.5, 0.6) is 0 Å². The van der Waals surface area contributed by atoms with E-state index in [1.165, 1.54) is 0 Å². The van der Waals surface area contributed by atoms with E-state index in [1.807, 2.05) is 36.1 Å². The summed E-state index contributed by atoms with van der Waals surface area (Å²) in [5.74, 6) is 0.597. The molecule has 2 heterocycles. The van der Waals surface area contributed by atoms with Crippen LogP contribution in [0.4, 0.5) is 0 Å². The van der Waals surface area contributed by atoms with Gasteiger partial charge >= 0.3 is 0 Å². The lowest BCUT2D eigenvalue weighted by Crippen LogP contribution is -2.39. The number of carbonyl (C=O) groups is 1. The Bertz CT molecular complexity index is 672. The van der Waals surface area contributed by atoms with Crippen molar-refractivity contribution in [2.45, 2.75) is 32.3 Å². The molecule has 0 spiro atoms. The van der Waals surface area contributed by atoms with Crippen LogP contribution < -0.4 is 0 Å². The molecule has 0 aliphatic carbocycles. The first-order valence-corrected chi connectivity index (χ1v) is 8.58. The summed E-state index contributed by atoms with van der Waals surface area (Å²) in [6, 6.07) is 7.83. The molecule has 0 radical (unpaired) electrons. The van der Waals surface area contributed by atoms with Crippen LogP contribution in [0.25, 0.3) is 10.9 Å². The highest BCUT2D eigenvalue weighted by atomic mass is 79.9. The summed E-state index contributed by atoms with van der Waals surface area (Å²) in [7, 11) is 0. The number of carbonyl (C=O) groups excluding carboxylic acids is 1. The fourth-order valence-electron chi connectivity index (χ4n) is 3.26. The van der Waals surface area contributed by atoms with Gasteiger partial charge in [0.2, 0.25) is 0 Å². The number of H-pyrrole nitrogens is 1. The highest BCUT2D eigenvalue weighted by Crippen LogP contribution is 2.27. The lowest BCUT2D eigenvalue weighted by atomic mass is 9.91. The maximum Gasteiger partial charge on any atom is 0.270 e. The van der Waals surface area contributed by atoms with Crippen LogP contribution in [-0.4, -0.2) is 40.1 Å². The van der Waals surface area contributed by atoms with E-state index in [9.17, 15) is 9.90 Å². The normalized spacial score (nSPS) is 17.9. The Hall–Kier alpha value is -1.33. The van der Waals surface area contributed by atoms with Gasteiger partial charge in [-0.1, -0.05) is 22.0 Å². The maximum absolute atomic E-state index is 12.6. The molecule has 0 saturated carbocycles. The molecule has 1 aliphatic heterocycles. The maximum atomic E-state index is 12.6. The van der Waals surface area contributed by atoms with Gasteiger partial charge in [0.15, 0.2) is 0 Å². The number of halogens is 1. The molecule has 1 aromatic heterocycles. The number of aromatic nitrogens is 1. The smallest absolute Gasteiger partial charge is 0.270 e. The van der Waals surface area contributed by atoms with Crippen LogP contribution in [0, 0.1) is 5.92 Å². The van der Waals surface area contributed by atoms with Crippen LogP contribution in [0.15, 0.2) is 28.7 Å². The molecule has 22 heavy (non-hydrogen) atoms. The van der Waals surface area contributed by atoms with Crippen LogP contribution in [0.1, 0.15) is 36.7 Å². The minimum Gasteiger partial charge on any atom is -0.393 e. The summed E-state index contributed by atoms with van der Waals surface area (Å²) in [6.07, 6.45) is 2.53. The third kappa shape index (κ3) is 3.20. The number of nitrogens with one attached hydrogen (secondary N) is 1. The van der Waals surface area contributed by atoms with Crippen LogP contribution in [0.3, 0.4) is 0 Å². The van der Waals surface area contributed by atoms with Gasteiger partial charge in [0.05, 0.1) is 6.10 Å². The Morgan fingerprint density at radius 3 is 2.82 bits per heavy atom. The Balaban J connectivity index is 1.70. The summed E-state index contributed by atoms with van der Waals surface area (Å²) < 4.78 is 0.996. The minimum absolute atomic E-state index is 0.0681. The summed E-state index contributed by atoms with van der Waals surface area (Å²) in [5.41, 5.74) is 1.62. The number of nitrogens with zero attached hydrogens (tertiary/aromatic N) is 1. The predicted molar refractivity (Wildman–Crippen MR) is 90.9 cm³/mol. The molecule has 1 saturated heterocycles. The van der Waals surface area contributed by atoms with Gasteiger partial charge in [-0.2, -0.15) is 0 Å². The molecular formula is C17H21BrN2O2. The zero-order valence-electron chi connectivity index (χ0n) is 12.7. The number of amides is 1. The standard InChI is InChI=1S/C17H21BrN2O2/c1-11(21)9-12-5-7-20(8-6-12)17(22)16-10-13-14(18)3-2-4-15(13)19-16/h2-4,10-12,19,21H,5-9H2,1H3. The van der Waals surface area contributed by atoms with Crippen molar-refractivity contribution < 1.29 is 9.90 Å². The molecule has 5 heteroatoms. The molecule has 2 N–H and O–H groups in total. The second-order valence-corrected chi connectivity index (χ2v) is 7.06. The van der Waals surface area contributed by atoms with Crippen LogP contribution in [0.2, 0.25) is 0 Å². The number of likely N-dealkylation sites (tertiary alicyclic amines) is 1. The number of hydrogen-bond donors (Lipinski definition) is 2. The van der Waals surface area contributed by atoms with Gasteiger partial charge in [-0.15, -0.1) is 0 Å². The minimum atomic E-state index is -0.252. The van der Waals surface area contributed by atoms with Gasteiger partial charge in [-0.3, -0.25) is 4.79 Å². The summed E-state index contributed by atoms with van der Waals surface area (Å²) in [6.45, 7) is 3.37. The topological polar surface area (TPSA) is 56.3 Å². The summed E-state index contributed by atoms with van der Waals surface area (Å²) in [4.78, 5) is 17.8. The number of benzene rings is 1. The lowest BCUT2D eigenvalue weighted by molar-refractivity contribution is 0.0650. The van der Waals surface area contributed by atoms with Crippen LogP contribution >= 0.6 is 15.9 Å². The van der Waals surface area contributed by atoms with Crippen molar-refractivity contribution in [3.63, 3.8) is 0 Å². The highest BCUT2D eigenvalue weighted by Gasteiger charge is 2.25. The van der Waals surface area contributed by atoms with E-state index in [0.29, 0.717) is 11.6 Å². The lowest BCUT2D eigenvalue weighted by Gasteiger charge is -2.32. The monoisotopic (exact) mass is 364 g/mol. The number of hydrogen-bond acceptors (Lipinski definition) is 2. The van der Waals surface area contributed by atoms with E-state index in [0.717, 1.165) is 47.7 Å². The fourth-order valence-corrected chi connectivity index (χ4v) is 3.74. The molecule has 118 valence electrons. The van der Waals surface area contributed by atoms with Crippen molar-refractivity contribution in [1.29, 1.82) is 0 Å². The molecule has 3 rings (SSSR count). The Morgan fingerprint density at radius 1 is 1.45 bits per heavy atom. The van der Waals surface area contributed by atoms with Crippen molar-refractivity contribution in [2.75, 3.05) is 13.1 Å². The van der Waals surface area contributed by atoms with Gasteiger partial charge in [-0.05, 0) is 50.3 Å². The molecular weight excluding hydrogens is 344 g/mol. The van der Waals surface area contributed by atoms with E-state index < -0.39 is 0 Å². The van der Waals surface area contributed by atoms with Crippen molar-refractivity contribution in [3.05, 3.63) is 34.4 Å². The Morgan fingerprint density at radius 2 is 2.18 bits per heavy atom. The molecule has 1 aromatic carbocycles. The molecule has 1 unspecified atom stereocenters. The molecule has 0 bridgehead atoms. The predicted octanol–water partition coefficient (Wildman–Crippen LogP) is 3.55. The zero-order valence-corrected chi connectivity index (χ0v) is 14.3. The molecule has 1 fully saturated rings. The van der Waals surface area contributed by atoms with E-state index >= 15 is 0 Å². The Kier molecular flexibility index (Phi) is 4.54. The first kappa shape index (κ1) is 15.6. The second-order valence-electron chi connectivity index (χ2n) is 6.20. The van der Waals surface area contributed by atoms with Crippen molar-refractivity contribution in [3.8, 4) is 0 Å². The number of piperidine rings is 1.